The number of hydrogen-bond acceptors (Lipinski definition) is 4. The molecule has 0 atom stereocenters. The number of carbonyl (C=O) groups is 1. The van der Waals surface area contributed by atoms with Crippen LogP contribution in [0.25, 0.3) is 0 Å². The third kappa shape index (κ3) is 3.96. The third-order valence-electron chi connectivity index (χ3n) is 4.58. The average Bonchev–Trinajstić information content (AvgIpc) is 2.82. The number of anilines is 2. The van der Waals surface area contributed by atoms with Crippen molar-refractivity contribution >= 4 is 28.9 Å². The van der Waals surface area contributed by atoms with Crippen LogP contribution in [0.3, 0.4) is 0 Å². The number of carbonyl (C=O) groups excluding carboxylic acids is 1. The van der Waals surface area contributed by atoms with Crippen LogP contribution in [0.15, 0.2) is 18.2 Å². The molecule has 1 aliphatic rings. The van der Waals surface area contributed by atoms with Crippen molar-refractivity contribution in [1.29, 1.82) is 0 Å². The van der Waals surface area contributed by atoms with Crippen LogP contribution < -0.4 is 10.2 Å². The lowest BCUT2D eigenvalue weighted by atomic mass is 10.1. The number of aryl methyl sites for hydroxylation is 2. The summed E-state index contributed by atoms with van der Waals surface area (Å²) < 4.78 is 7.21. The van der Waals surface area contributed by atoms with E-state index in [9.17, 15) is 4.79 Å². The molecule has 7 heteroatoms. The second-order valence-corrected chi connectivity index (χ2v) is 6.70. The summed E-state index contributed by atoms with van der Waals surface area (Å²) in [6.07, 6.45) is 0.292. The monoisotopic (exact) mass is 362 g/mol. The summed E-state index contributed by atoms with van der Waals surface area (Å²) in [5, 5.41) is 7.99. The number of ether oxygens (including phenoxy) is 1. The molecule has 0 bridgehead atoms. The van der Waals surface area contributed by atoms with E-state index in [2.05, 4.69) is 15.3 Å². The van der Waals surface area contributed by atoms with Crippen LogP contribution in [0.4, 0.5) is 11.4 Å². The highest BCUT2D eigenvalue weighted by molar-refractivity contribution is 6.31. The Morgan fingerprint density at radius 2 is 2.04 bits per heavy atom. The van der Waals surface area contributed by atoms with Gasteiger partial charge in [-0.15, -0.1) is 0 Å². The molecule has 1 amide bonds. The van der Waals surface area contributed by atoms with Crippen LogP contribution in [0.1, 0.15) is 17.0 Å². The predicted molar refractivity (Wildman–Crippen MR) is 99.5 cm³/mol. The van der Waals surface area contributed by atoms with Gasteiger partial charge in [-0.3, -0.25) is 9.48 Å². The molecular formula is C18H23ClN4O2. The fraction of sp³-hybridized carbons (Fsp3) is 0.444. The molecule has 25 heavy (non-hydrogen) atoms. The second kappa shape index (κ2) is 7.45. The Morgan fingerprint density at radius 1 is 1.32 bits per heavy atom. The van der Waals surface area contributed by atoms with Gasteiger partial charge in [0.05, 0.1) is 36.7 Å². The van der Waals surface area contributed by atoms with Gasteiger partial charge in [0.15, 0.2) is 0 Å². The van der Waals surface area contributed by atoms with Gasteiger partial charge in [-0.25, -0.2) is 0 Å². The number of morpholine rings is 1. The fourth-order valence-electron chi connectivity index (χ4n) is 3.12. The number of nitrogens with one attached hydrogen (secondary N) is 1. The van der Waals surface area contributed by atoms with Crippen molar-refractivity contribution in [2.24, 2.45) is 7.05 Å². The van der Waals surface area contributed by atoms with Crippen LogP contribution in [-0.2, 0) is 23.0 Å². The van der Waals surface area contributed by atoms with E-state index in [-0.39, 0.29) is 5.91 Å². The number of nitrogens with zero attached hydrogens (tertiary/aromatic N) is 3. The minimum absolute atomic E-state index is 0.0732. The highest BCUT2D eigenvalue weighted by Crippen LogP contribution is 2.30. The van der Waals surface area contributed by atoms with Crippen LogP contribution in [0.5, 0.6) is 0 Å². The van der Waals surface area contributed by atoms with Gasteiger partial charge < -0.3 is 15.0 Å². The molecule has 1 N–H and O–H groups in total. The van der Waals surface area contributed by atoms with Crippen molar-refractivity contribution in [1.82, 2.24) is 9.78 Å². The normalized spacial score (nSPS) is 14.6. The van der Waals surface area contributed by atoms with Crippen LogP contribution >= 0.6 is 11.6 Å². The van der Waals surface area contributed by atoms with Gasteiger partial charge in [-0.05, 0) is 32.0 Å². The molecule has 0 aliphatic carbocycles. The first kappa shape index (κ1) is 17.8. The quantitative estimate of drug-likeness (QED) is 0.908. The molecule has 1 fully saturated rings. The Kier molecular flexibility index (Phi) is 5.30. The second-order valence-electron chi connectivity index (χ2n) is 6.26. The first-order valence-electron chi connectivity index (χ1n) is 8.37. The van der Waals surface area contributed by atoms with Crippen molar-refractivity contribution in [2.45, 2.75) is 20.3 Å². The van der Waals surface area contributed by atoms with Crippen molar-refractivity contribution in [2.75, 3.05) is 36.5 Å². The molecule has 3 rings (SSSR count). The van der Waals surface area contributed by atoms with Crippen LogP contribution in [0, 0.1) is 13.8 Å². The Balaban J connectivity index is 1.79. The van der Waals surface area contributed by atoms with Gasteiger partial charge >= 0.3 is 0 Å². The zero-order chi connectivity index (χ0) is 18.0. The number of rotatable bonds is 4. The van der Waals surface area contributed by atoms with Crippen LogP contribution in [-0.4, -0.2) is 42.0 Å². The molecule has 2 heterocycles. The maximum absolute atomic E-state index is 12.6. The van der Waals surface area contributed by atoms with Crippen molar-refractivity contribution in [3.63, 3.8) is 0 Å². The van der Waals surface area contributed by atoms with E-state index in [1.807, 2.05) is 33.0 Å². The summed E-state index contributed by atoms with van der Waals surface area (Å²) in [7, 11) is 1.89. The van der Waals surface area contributed by atoms with E-state index in [4.69, 9.17) is 16.3 Å². The fourth-order valence-corrected chi connectivity index (χ4v) is 3.29. The highest BCUT2D eigenvalue weighted by atomic mass is 35.5. The Labute approximate surface area is 152 Å². The SMILES string of the molecule is Cc1nn(C)c(C)c1CC(=O)Nc1cc(Cl)ccc1N1CCOCC1. The summed E-state index contributed by atoms with van der Waals surface area (Å²) >= 11 is 6.15. The van der Waals surface area contributed by atoms with Crippen molar-refractivity contribution < 1.29 is 9.53 Å². The largest absolute Gasteiger partial charge is 0.378 e. The molecule has 0 spiro atoms. The van der Waals surface area contributed by atoms with Crippen molar-refractivity contribution in [3.05, 3.63) is 40.2 Å². The molecule has 0 saturated carbocycles. The van der Waals surface area contributed by atoms with E-state index >= 15 is 0 Å². The van der Waals surface area contributed by atoms with Gasteiger partial charge in [0.25, 0.3) is 0 Å². The van der Waals surface area contributed by atoms with Gasteiger partial charge in [0.2, 0.25) is 5.91 Å². The number of amides is 1. The summed E-state index contributed by atoms with van der Waals surface area (Å²) in [6.45, 7) is 6.86. The number of hydrogen-bond donors (Lipinski definition) is 1. The molecule has 134 valence electrons. The predicted octanol–water partition coefficient (Wildman–Crippen LogP) is 2.71. The zero-order valence-electron chi connectivity index (χ0n) is 14.8. The van der Waals surface area contributed by atoms with E-state index in [0.29, 0.717) is 24.7 Å². The molecular weight excluding hydrogens is 340 g/mol. The molecule has 1 aromatic carbocycles. The van der Waals surface area contributed by atoms with E-state index < -0.39 is 0 Å². The van der Waals surface area contributed by atoms with Crippen molar-refractivity contribution in [3.8, 4) is 0 Å². The summed E-state index contributed by atoms with van der Waals surface area (Å²) in [5.74, 6) is -0.0732. The molecule has 2 aromatic rings. The van der Waals surface area contributed by atoms with Gasteiger partial charge in [-0.1, -0.05) is 11.6 Å². The summed E-state index contributed by atoms with van der Waals surface area (Å²) in [5.41, 5.74) is 4.57. The first-order chi connectivity index (χ1) is 12.0. The summed E-state index contributed by atoms with van der Waals surface area (Å²) in [4.78, 5) is 14.8. The lowest BCUT2D eigenvalue weighted by molar-refractivity contribution is -0.115. The minimum atomic E-state index is -0.0732. The van der Waals surface area contributed by atoms with E-state index in [1.165, 1.54) is 0 Å². The van der Waals surface area contributed by atoms with E-state index in [0.717, 1.165) is 41.4 Å². The molecule has 6 nitrogen and oxygen atoms in total. The standard InChI is InChI=1S/C18H23ClN4O2/c1-12-15(13(2)22(3)21-12)11-18(24)20-16-10-14(19)4-5-17(16)23-6-8-25-9-7-23/h4-5,10H,6-9,11H2,1-3H3,(H,20,24). The molecule has 1 saturated heterocycles. The summed E-state index contributed by atoms with van der Waals surface area (Å²) in [6, 6.07) is 5.59. The molecule has 0 unspecified atom stereocenters. The maximum atomic E-state index is 12.6. The van der Waals surface area contributed by atoms with Gasteiger partial charge in [-0.2, -0.15) is 5.10 Å². The average molecular weight is 363 g/mol. The maximum Gasteiger partial charge on any atom is 0.228 e. The topological polar surface area (TPSA) is 59.4 Å². The zero-order valence-corrected chi connectivity index (χ0v) is 15.6. The number of halogens is 1. The van der Waals surface area contributed by atoms with E-state index in [1.54, 1.807) is 10.7 Å². The lowest BCUT2D eigenvalue weighted by Crippen LogP contribution is -2.36. The van der Waals surface area contributed by atoms with Gasteiger partial charge in [0, 0.05) is 36.4 Å². The Morgan fingerprint density at radius 3 is 2.68 bits per heavy atom. The van der Waals surface area contributed by atoms with Gasteiger partial charge in [0.1, 0.15) is 0 Å². The van der Waals surface area contributed by atoms with Crippen LogP contribution in [0.2, 0.25) is 5.02 Å². The third-order valence-corrected chi connectivity index (χ3v) is 4.82. The number of aromatic nitrogens is 2. The molecule has 0 radical (unpaired) electrons. The minimum Gasteiger partial charge on any atom is -0.378 e. The Bertz CT molecular complexity index is 782. The smallest absolute Gasteiger partial charge is 0.228 e. The lowest BCUT2D eigenvalue weighted by Gasteiger charge is -2.30. The first-order valence-corrected chi connectivity index (χ1v) is 8.74. The Hall–Kier alpha value is -2.05. The molecule has 1 aromatic heterocycles. The number of benzene rings is 1. The molecule has 1 aliphatic heterocycles. The highest BCUT2D eigenvalue weighted by Gasteiger charge is 2.18.